The third-order valence-electron chi connectivity index (χ3n) is 3.03. The van der Waals surface area contributed by atoms with E-state index in [9.17, 15) is 14.7 Å². The van der Waals surface area contributed by atoms with E-state index in [1.54, 1.807) is 19.1 Å². The zero-order valence-corrected chi connectivity index (χ0v) is 12.2. The van der Waals surface area contributed by atoms with Crippen LogP contribution in [-0.4, -0.2) is 23.5 Å². The van der Waals surface area contributed by atoms with Crippen molar-refractivity contribution in [3.05, 3.63) is 72.0 Å². The highest BCUT2D eigenvalue weighted by molar-refractivity contribution is 6.08. The van der Waals surface area contributed by atoms with Crippen LogP contribution in [0.2, 0.25) is 0 Å². The SMILES string of the molecule is CCOC(=O)C(O)=CC(=O)c1ccc(-c2ccccc2)cc1. The van der Waals surface area contributed by atoms with Crippen molar-refractivity contribution in [2.24, 2.45) is 0 Å². The van der Waals surface area contributed by atoms with Gasteiger partial charge in [-0.3, -0.25) is 4.79 Å². The lowest BCUT2D eigenvalue weighted by Crippen LogP contribution is -2.09. The first-order valence-electron chi connectivity index (χ1n) is 6.89. The number of rotatable bonds is 5. The van der Waals surface area contributed by atoms with Gasteiger partial charge in [0, 0.05) is 11.6 Å². The molecular weight excluding hydrogens is 280 g/mol. The van der Waals surface area contributed by atoms with Crippen LogP contribution in [0, 0.1) is 0 Å². The van der Waals surface area contributed by atoms with Gasteiger partial charge in [0.15, 0.2) is 5.78 Å². The number of benzene rings is 2. The maximum absolute atomic E-state index is 12.0. The van der Waals surface area contributed by atoms with Crippen LogP contribution in [0.25, 0.3) is 11.1 Å². The summed E-state index contributed by atoms with van der Waals surface area (Å²) in [6.07, 6.45) is 0.871. The lowest BCUT2D eigenvalue weighted by molar-refractivity contribution is -0.141. The average Bonchev–Trinajstić information content (AvgIpc) is 2.56. The summed E-state index contributed by atoms with van der Waals surface area (Å²) in [5, 5.41) is 9.48. The summed E-state index contributed by atoms with van der Waals surface area (Å²) in [6.45, 7) is 1.76. The molecule has 0 unspecified atom stereocenters. The molecule has 0 aliphatic rings. The van der Waals surface area contributed by atoms with E-state index >= 15 is 0 Å². The first-order chi connectivity index (χ1) is 10.6. The van der Waals surface area contributed by atoms with E-state index in [0.29, 0.717) is 5.56 Å². The molecule has 2 rings (SSSR count). The van der Waals surface area contributed by atoms with E-state index in [2.05, 4.69) is 4.74 Å². The van der Waals surface area contributed by atoms with Crippen molar-refractivity contribution < 1.29 is 19.4 Å². The van der Waals surface area contributed by atoms with Crippen molar-refractivity contribution in [3.63, 3.8) is 0 Å². The lowest BCUT2D eigenvalue weighted by atomic mass is 10.0. The molecule has 0 spiro atoms. The van der Waals surface area contributed by atoms with Gasteiger partial charge in [-0.05, 0) is 18.1 Å². The van der Waals surface area contributed by atoms with Gasteiger partial charge in [0.25, 0.3) is 0 Å². The lowest BCUT2D eigenvalue weighted by Gasteiger charge is -2.03. The van der Waals surface area contributed by atoms with Crippen molar-refractivity contribution in [2.75, 3.05) is 6.61 Å². The predicted molar refractivity (Wildman–Crippen MR) is 83.6 cm³/mol. The molecule has 0 atom stereocenters. The predicted octanol–water partition coefficient (Wildman–Crippen LogP) is 3.54. The molecule has 0 aliphatic heterocycles. The highest BCUT2D eigenvalue weighted by atomic mass is 16.5. The Bertz CT molecular complexity index is 685. The summed E-state index contributed by atoms with van der Waals surface area (Å²) in [5.74, 6) is -2.05. The molecule has 0 fully saturated rings. The number of aliphatic hydroxyl groups excluding tert-OH is 1. The van der Waals surface area contributed by atoms with Crippen molar-refractivity contribution in [2.45, 2.75) is 6.92 Å². The number of esters is 1. The Morgan fingerprint density at radius 2 is 1.59 bits per heavy atom. The first-order valence-corrected chi connectivity index (χ1v) is 6.89. The summed E-state index contributed by atoms with van der Waals surface area (Å²) in [6, 6.07) is 16.7. The summed E-state index contributed by atoms with van der Waals surface area (Å²) >= 11 is 0. The fourth-order valence-corrected chi connectivity index (χ4v) is 1.93. The Kier molecular flexibility index (Phi) is 5.09. The van der Waals surface area contributed by atoms with Crippen molar-refractivity contribution in [1.82, 2.24) is 0 Å². The van der Waals surface area contributed by atoms with E-state index in [4.69, 9.17) is 0 Å². The summed E-state index contributed by atoms with van der Waals surface area (Å²) in [5.41, 5.74) is 2.41. The van der Waals surface area contributed by atoms with E-state index in [-0.39, 0.29) is 6.61 Å². The fraction of sp³-hybridized carbons (Fsp3) is 0.111. The largest absolute Gasteiger partial charge is 0.502 e. The molecule has 0 saturated carbocycles. The Morgan fingerprint density at radius 1 is 1.00 bits per heavy atom. The molecule has 0 saturated heterocycles. The van der Waals surface area contributed by atoms with Gasteiger partial charge in [-0.1, -0.05) is 54.6 Å². The van der Waals surface area contributed by atoms with Crippen molar-refractivity contribution in [1.29, 1.82) is 0 Å². The van der Waals surface area contributed by atoms with Gasteiger partial charge >= 0.3 is 5.97 Å². The van der Waals surface area contributed by atoms with Crippen LogP contribution in [-0.2, 0) is 9.53 Å². The van der Waals surface area contributed by atoms with Crippen molar-refractivity contribution >= 4 is 11.8 Å². The molecule has 2 aromatic rings. The van der Waals surface area contributed by atoms with Gasteiger partial charge < -0.3 is 9.84 Å². The number of ether oxygens (including phenoxy) is 1. The first kappa shape index (κ1) is 15.5. The fourth-order valence-electron chi connectivity index (χ4n) is 1.93. The van der Waals surface area contributed by atoms with Gasteiger partial charge in [0.2, 0.25) is 5.76 Å². The molecule has 0 aliphatic carbocycles. The Morgan fingerprint density at radius 3 is 2.18 bits per heavy atom. The quantitative estimate of drug-likeness (QED) is 0.397. The molecule has 4 nitrogen and oxygen atoms in total. The number of ketones is 1. The number of allylic oxidation sites excluding steroid dienone is 1. The highest BCUT2D eigenvalue weighted by Crippen LogP contribution is 2.19. The molecule has 0 heterocycles. The third kappa shape index (κ3) is 3.82. The minimum atomic E-state index is -0.906. The van der Waals surface area contributed by atoms with Gasteiger partial charge in [0.1, 0.15) is 0 Å². The Hall–Kier alpha value is -2.88. The maximum Gasteiger partial charge on any atom is 0.373 e. The van der Waals surface area contributed by atoms with E-state index in [1.807, 2.05) is 42.5 Å². The molecule has 0 amide bonds. The molecule has 1 N–H and O–H groups in total. The molecule has 0 radical (unpaired) electrons. The summed E-state index contributed by atoms with van der Waals surface area (Å²) in [7, 11) is 0. The number of carbonyl (C=O) groups excluding carboxylic acids is 2. The zero-order valence-electron chi connectivity index (χ0n) is 12.2. The molecule has 0 aromatic heterocycles. The topological polar surface area (TPSA) is 63.6 Å². The minimum absolute atomic E-state index is 0.136. The average molecular weight is 296 g/mol. The van der Waals surface area contributed by atoms with Gasteiger partial charge in [-0.15, -0.1) is 0 Å². The number of carbonyl (C=O) groups is 2. The summed E-state index contributed by atoms with van der Waals surface area (Å²) in [4.78, 5) is 23.2. The molecule has 4 heteroatoms. The normalized spacial score (nSPS) is 11.0. The van der Waals surface area contributed by atoms with Crippen LogP contribution in [0.1, 0.15) is 17.3 Å². The number of hydrogen-bond acceptors (Lipinski definition) is 4. The molecule has 22 heavy (non-hydrogen) atoms. The minimum Gasteiger partial charge on any atom is -0.502 e. The molecule has 0 bridgehead atoms. The second-order valence-corrected chi connectivity index (χ2v) is 4.56. The monoisotopic (exact) mass is 296 g/mol. The van der Waals surface area contributed by atoms with Gasteiger partial charge in [0.05, 0.1) is 6.61 Å². The smallest absolute Gasteiger partial charge is 0.373 e. The molecule has 2 aromatic carbocycles. The second kappa shape index (κ2) is 7.22. The number of aliphatic hydroxyl groups is 1. The van der Waals surface area contributed by atoms with Crippen LogP contribution in [0.4, 0.5) is 0 Å². The molecule has 112 valence electrons. The molecular formula is C18H16O4. The zero-order chi connectivity index (χ0) is 15.9. The van der Waals surface area contributed by atoms with E-state index < -0.39 is 17.5 Å². The Labute approximate surface area is 128 Å². The second-order valence-electron chi connectivity index (χ2n) is 4.56. The van der Waals surface area contributed by atoms with Gasteiger partial charge in [-0.2, -0.15) is 0 Å². The third-order valence-corrected chi connectivity index (χ3v) is 3.03. The van der Waals surface area contributed by atoms with Crippen LogP contribution < -0.4 is 0 Å². The number of hydrogen-bond donors (Lipinski definition) is 1. The maximum atomic E-state index is 12.0. The highest BCUT2D eigenvalue weighted by Gasteiger charge is 2.12. The van der Waals surface area contributed by atoms with Crippen LogP contribution in [0.5, 0.6) is 0 Å². The van der Waals surface area contributed by atoms with Crippen LogP contribution in [0.15, 0.2) is 66.4 Å². The van der Waals surface area contributed by atoms with E-state index in [1.165, 1.54) is 0 Å². The van der Waals surface area contributed by atoms with Crippen LogP contribution in [0.3, 0.4) is 0 Å². The van der Waals surface area contributed by atoms with Crippen LogP contribution >= 0.6 is 0 Å². The van der Waals surface area contributed by atoms with Gasteiger partial charge in [-0.25, -0.2) is 4.79 Å². The Balaban J connectivity index is 2.15. The summed E-state index contributed by atoms with van der Waals surface area (Å²) < 4.78 is 4.61. The standard InChI is InChI=1S/C18H16O4/c1-2-22-18(21)17(20)12-16(19)15-10-8-14(9-11-15)13-6-4-3-5-7-13/h3-12,20H,2H2,1H3. The van der Waals surface area contributed by atoms with E-state index in [0.717, 1.165) is 17.2 Å². The van der Waals surface area contributed by atoms with Crippen molar-refractivity contribution in [3.8, 4) is 11.1 Å².